The van der Waals surface area contributed by atoms with Crippen molar-refractivity contribution in [3.05, 3.63) is 52.3 Å². The molecule has 0 bridgehead atoms. The Bertz CT molecular complexity index is 743. The summed E-state index contributed by atoms with van der Waals surface area (Å²) in [7, 11) is 0. The average Bonchev–Trinajstić information content (AvgIpc) is 2.94. The van der Waals surface area contributed by atoms with Gasteiger partial charge in [-0.05, 0) is 25.0 Å². The minimum Gasteiger partial charge on any atom is -0.347 e. The maximum absolute atomic E-state index is 12.1. The van der Waals surface area contributed by atoms with Crippen LogP contribution in [0, 0.1) is 13.8 Å². The highest BCUT2D eigenvalue weighted by Crippen LogP contribution is 2.13. The van der Waals surface area contributed by atoms with E-state index >= 15 is 0 Å². The first-order valence-electron chi connectivity index (χ1n) is 6.29. The first-order chi connectivity index (χ1) is 9.63. The second kappa shape index (κ2) is 5.05. The van der Waals surface area contributed by atoms with Crippen molar-refractivity contribution in [2.24, 2.45) is 0 Å². The molecule has 0 unspecified atom stereocenters. The predicted molar refractivity (Wildman–Crippen MR) is 78.0 cm³/mol. The van der Waals surface area contributed by atoms with Crippen LogP contribution in [-0.4, -0.2) is 20.5 Å². The van der Waals surface area contributed by atoms with Crippen molar-refractivity contribution in [1.29, 1.82) is 0 Å². The maximum atomic E-state index is 12.1. The van der Waals surface area contributed by atoms with Gasteiger partial charge in [-0.15, -0.1) is 0 Å². The fourth-order valence-electron chi connectivity index (χ4n) is 1.98. The number of hydrogen-bond donors (Lipinski definition) is 1. The summed E-state index contributed by atoms with van der Waals surface area (Å²) >= 11 is 1.47. The van der Waals surface area contributed by atoms with Crippen LogP contribution in [-0.2, 0) is 6.54 Å². The Morgan fingerprint density at radius 3 is 2.90 bits per heavy atom. The number of carbonyl (C=O) groups is 1. The third-order valence-corrected chi connectivity index (χ3v) is 3.92. The van der Waals surface area contributed by atoms with Crippen LogP contribution >= 0.6 is 11.3 Å². The quantitative estimate of drug-likeness (QED) is 0.804. The van der Waals surface area contributed by atoms with Gasteiger partial charge in [0.15, 0.2) is 0 Å². The number of carbonyl (C=O) groups excluding carboxylic acids is 1. The van der Waals surface area contributed by atoms with Gasteiger partial charge in [-0.1, -0.05) is 35.6 Å². The summed E-state index contributed by atoms with van der Waals surface area (Å²) in [5.74, 6) is -0.177. The Balaban J connectivity index is 1.73. The Kier molecular flexibility index (Phi) is 3.23. The summed E-state index contributed by atoms with van der Waals surface area (Å²) in [5.41, 5.74) is 2.67. The van der Waals surface area contributed by atoms with E-state index in [0.29, 0.717) is 12.2 Å². The molecule has 6 heteroatoms. The molecule has 102 valence electrons. The Morgan fingerprint density at radius 2 is 2.15 bits per heavy atom. The van der Waals surface area contributed by atoms with Crippen LogP contribution < -0.4 is 5.32 Å². The van der Waals surface area contributed by atoms with Gasteiger partial charge >= 0.3 is 0 Å². The molecule has 0 aliphatic carbocycles. The molecule has 1 N–H and O–H groups in total. The van der Waals surface area contributed by atoms with E-state index in [1.54, 1.807) is 10.7 Å². The van der Waals surface area contributed by atoms with Crippen LogP contribution in [0.15, 0.2) is 30.5 Å². The second-order valence-electron chi connectivity index (χ2n) is 4.58. The molecular formula is C14H14N4OS. The Labute approximate surface area is 120 Å². The number of amides is 1. The number of rotatable bonds is 3. The van der Waals surface area contributed by atoms with E-state index in [4.69, 9.17) is 0 Å². The largest absolute Gasteiger partial charge is 0.347 e. The summed E-state index contributed by atoms with van der Waals surface area (Å²) < 4.78 is 1.64. The molecule has 0 saturated heterocycles. The van der Waals surface area contributed by atoms with Gasteiger partial charge in [-0.3, -0.25) is 4.79 Å². The van der Waals surface area contributed by atoms with Crippen LogP contribution in [0.4, 0.5) is 0 Å². The van der Waals surface area contributed by atoms with Gasteiger partial charge in [0.1, 0.15) is 10.7 Å². The molecule has 3 rings (SSSR count). The zero-order valence-electron chi connectivity index (χ0n) is 11.3. The summed E-state index contributed by atoms with van der Waals surface area (Å²) in [6.07, 6.45) is 1.66. The van der Waals surface area contributed by atoms with Crippen LogP contribution in [0.2, 0.25) is 0 Å². The molecule has 1 amide bonds. The number of aryl methyl sites for hydroxylation is 2. The number of hydrogen-bond acceptors (Lipinski definition) is 4. The summed E-state index contributed by atoms with van der Waals surface area (Å²) in [5, 5.41) is 8.05. The SMILES string of the molecule is Cc1nn2cc(C(=O)NCc3ccccc3C)nc2s1. The fourth-order valence-corrected chi connectivity index (χ4v) is 2.71. The Morgan fingerprint density at radius 1 is 1.35 bits per heavy atom. The van der Waals surface area contributed by atoms with Gasteiger partial charge < -0.3 is 5.32 Å². The lowest BCUT2D eigenvalue weighted by molar-refractivity contribution is 0.0946. The highest BCUT2D eigenvalue weighted by Gasteiger charge is 2.12. The first kappa shape index (κ1) is 12.8. The van der Waals surface area contributed by atoms with Gasteiger partial charge in [0.2, 0.25) is 4.96 Å². The van der Waals surface area contributed by atoms with Gasteiger partial charge in [-0.2, -0.15) is 5.10 Å². The number of imidazole rings is 1. The molecule has 0 radical (unpaired) electrons. The number of nitrogens with one attached hydrogen (secondary N) is 1. The third-order valence-electron chi connectivity index (χ3n) is 3.08. The molecule has 2 heterocycles. The topological polar surface area (TPSA) is 59.3 Å². The number of aromatic nitrogens is 3. The van der Waals surface area contributed by atoms with E-state index in [0.717, 1.165) is 21.1 Å². The average molecular weight is 286 g/mol. The molecule has 3 aromatic rings. The van der Waals surface area contributed by atoms with Crippen LogP contribution in [0.5, 0.6) is 0 Å². The lowest BCUT2D eigenvalue weighted by Crippen LogP contribution is -2.23. The van der Waals surface area contributed by atoms with Crippen LogP contribution in [0.1, 0.15) is 26.6 Å². The van der Waals surface area contributed by atoms with Gasteiger partial charge in [0, 0.05) is 6.54 Å². The van der Waals surface area contributed by atoms with E-state index in [9.17, 15) is 4.79 Å². The lowest BCUT2D eigenvalue weighted by Gasteiger charge is -2.06. The van der Waals surface area contributed by atoms with E-state index in [-0.39, 0.29) is 5.91 Å². The molecule has 0 saturated carbocycles. The van der Waals surface area contributed by atoms with E-state index in [2.05, 4.69) is 15.4 Å². The monoisotopic (exact) mass is 286 g/mol. The third kappa shape index (κ3) is 2.42. The maximum Gasteiger partial charge on any atom is 0.271 e. The highest BCUT2D eigenvalue weighted by atomic mass is 32.1. The van der Waals surface area contributed by atoms with E-state index in [1.165, 1.54) is 11.3 Å². The van der Waals surface area contributed by atoms with Gasteiger partial charge in [0.25, 0.3) is 5.91 Å². The normalized spacial score (nSPS) is 10.9. The standard InChI is InChI=1S/C14H14N4OS/c1-9-5-3-4-6-11(9)7-15-13(19)12-8-18-14(16-12)20-10(2)17-18/h3-6,8H,7H2,1-2H3,(H,15,19). The van der Waals surface area contributed by atoms with Crippen molar-refractivity contribution < 1.29 is 4.79 Å². The van der Waals surface area contributed by atoms with Crippen LogP contribution in [0.3, 0.4) is 0 Å². The van der Waals surface area contributed by atoms with E-state index < -0.39 is 0 Å². The zero-order valence-corrected chi connectivity index (χ0v) is 12.1. The van der Waals surface area contributed by atoms with E-state index in [1.807, 2.05) is 38.1 Å². The number of benzene rings is 1. The molecular weight excluding hydrogens is 272 g/mol. The first-order valence-corrected chi connectivity index (χ1v) is 7.10. The summed E-state index contributed by atoms with van der Waals surface area (Å²) in [6.45, 7) is 4.45. The molecule has 1 aromatic carbocycles. The van der Waals surface area contributed by atoms with Crippen molar-refractivity contribution >= 4 is 22.2 Å². The van der Waals surface area contributed by atoms with Crippen molar-refractivity contribution in [1.82, 2.24) is 19.9 Å². The fraction of sp³-hybridized carbons (Fsp3) is 0.214. The lowest BCUT2D eigenvalue weighted by atomic mass is 10.1. The smallest absolute Gasteiger partial charge is 0.271 e. The highest BCUT2D eigenvalue weighted by molar-refractivity contribution is 7.16. The molecule has 2 aromatic heterocycles. The van der Waals surface area contributed by atoms with Crippen molar-refractivity contribution in [3.63, 3.8) is 0 Å². The number of fused-ring (bicyclic) bond motifs is 1. The molecule has 0 atom stereocenters. The molecule has 20 heavy (non-hydrogen) atoms. The van der Waals surface area contributed by atoms with Crippen LogP contribution in [0.25, 0.3) is 4.96 Å². The predicted octanol–water partition coefficient (Wildman–Crippen LogP) is 2.34. The molecule has 0 spiro atoms. The Hall–Kier alpha value is -2.21. The van der Waals surface area contributed by atoms with Crippen molar-refractivity contribution in [2.75, 3.05) is 0 Å². The van der Waals surface area contributed by atoms with Gasteiger partial charge in [0.05, 0.1) is 6.20 Å². The minimum atomic E-state index is -0.177. The number of nitrogens with zero attached hydrogens (tertiary/aromatic N) is 3. The van der Waals surface area contributed by atoms with Crippen molar-refractivity contribution in [3.8, 4) is 0 Å². The minimum absolute atomic E-state index is 0.177. The molecule has 0 aliphatic heterocycles. The molecule has 5 nitrogen and oxygen atoms in total. The zero-order chi connectivity index (χ0) is 14.1. The summed E-state index contributed by atoms with van der Waals surface area (Å²) in [6, 6.07) is 7.99. The molecule has 0 aliphatic rings. The summed E-state index contributed by atoms with van der Waals surface area (Å²) in [4.78, 5) is 17.1. The van der Waals surface area contributed by atoms with Gasteiger partial charge in [-0.25, -0.2) is 9.50 Å². The second-order valence-corrected chi connectivity index (χ2v) is 5.74. The van der Waals surface area contributed by atoms with Crippen molar-refractivity contribution in [2.45, 2.75) is 20.4 Å². The molecule has 0 fully saturated rings.